The average molecular weight is 266 g/mol. The lowest BCUT2D eigenvalue weighted by molar-refractivity contribution is -0.145. The largest absolute Gasteiger partial charge is 0.490 e. The van der Waals surface area contributed by atoms with E-state index in [1.165, 1.54) is 7.11 Å². The van der Waals surface area contributed by atoms with E-state index in [0.717, 1.165) is 18.3 Å². The van der Waals surface area contributed by atoms with E-state index in [4.69, 9.17) is 14.0 Å². The Bertz CT molecular complexity index is 384. The molecule has 2 rings (SSSR count). The van der Waals surface area contributed by atoms with Gasteiger partial charge in [0.2, 0.25) is 0 Å². The van der Waals surface area contributed by atoms with Crippen LogP contribution in [0, 0.1) is 5.92 Å². The van der Waals surface area contributed by atoms with Crippen LogP contribution >= 0.6 is 0 Å². The molecule has 1 heterocycles. The lowest BCUT2D eigenvalue weighted by Crippen LogP contribution is -2.41. The first-order valence-electron chi connectivity index (χ1n) is 6.89. The minimum Gasteiger partial charge on any atom is -0.469 e. The molecule has 0 amide bonds. The number of ether oxygens (including phenoxy) is 1. The van der Waals surface area contributed by atoms with E-state index < -0.39 is 0 Å². The third kappa shape index (κ3) is 2.72. The Hall–Kier alpha value is -0.805. The fraction of sp³-hybridized carbons (Fsp3) is 0.786. The van der Waals surface area contributed by atoms with Crippen LogP contribution in [0.5, 0.6) is 0 Å². The minimum atomic E-state index is -0.308. The van der Waals surface area contributed by atoms with Crippen LogP contribution in [-0.4, -0.2) is 31.4 Å². The molecule has 1 saturated heterocycles. The van der Waals surface area contributed by atoms with Gasteiger partial charge in [-0.15, -0.1) is 0 Å². The van der Waals surface area contributed by atoms with Gasteiger partial charge in [0.25, 0.3) is 0 Å². The van der Waals surface area contributed by atoms with E-state index in [2.05, 4.69) is 6.08 Å². The van der Waals surface area contributed by atoms with Crippen LogP contribution in [-0.2, 0) is 18.8 Å². The van der Waals surface area contributed by atoms with Crippen molar-refractivity contribution in [2.24, 2.45) is 5.92 Å². The molecule has 0 aromatic heterocycles. The number of hydrogen-bond acceptors (Lipinski definition) is 4. The number of allylic oxidation sites excluding steroid dienone is 2. The van der Waals surface area contributed by atoms with Crippen LogP contribution in [0.1, 0.15) is 47.0 Å². The summed E-state index contributed by atoms with van der Waals surface area (Å²) in [6.45, 7) is 8.20. The van der Waals surface area contributed by atoms with Gasteiger partial charge in [0, 0.05) is 0 Å². The van der Waals surface area contributed by atoms with Crippen molar-refractivity contribution in [3.8, 4) is 0 Å². The van der Waals surface area contributed by atoms with Gasteiger partial charge >= 0.3 is 13.1 Å². The summed E-state index contributed by atoms with van der Waals surface area (Å²) in [5, 5.41) is 0. The maximum absolute atomic E-state index is 11.5. The Morgan fingerprint density at radius 3 is 2.32 bits per heavy atom. The maximum atomic E-state index is 11.5. The normalized spacial score (nSPS) is 29.0. The number of hydrogen-bond donors (Lipinski definition) is 0. The highest BCUT2D eigenvalue weighted by molar-refractivity contribution is 6.54. The summed E-state index contributed by atoms with van der Waals surface area (Å²) in [6.07, 6.45) is 4.43. The molecule has 5 heteroatoms. The highest BCUT2D eigenvalue weighted by atomic mass is 16.7. The van der Waals surface area contributed by atoms with E-state index in [1.54, 1.807) is 0 Å². The third-order valence-electron chi connectivity index (χ3n) is 4.54. The highest BCUT2D eigenvalue weighted by Gasteiger charge is 2.52. The molecular formula is C14H23BO4. The number of carbonyl (C=O) groups excluding carboxylic acids is 1. The SMILES string of the molecule is COC(=O)C1CC=C(B2OC(C)(C)C(C)(C)O2)CC1. The van der Waals surface area contributed by atoms with Crippen LogP contribution in [0.3, 0.4) is 0 Å². The molecule has 0 aromatic carbocycles. The van der Waals surface area contributed by atoms with E-state index in [0.29, 0.717) is 6.42 Å². The number of carbonyl (C=O) groups is 1. The van der Waals surface area contributed by atoms with Gasteiger partial charge in [-0.3, -0.25) is 4.79 Å². The molecule has 1 atom stereocenters. The fourth-order valence-corrected chi connectivity index (χ4v) is 2.44. The first-order chi connectivity index (χ1) is 8.77. The molecule has 19 heavy (non-hydrogen) atoms. The Morgan fingerprint density at radius 2 is 1.89 bits per heavy atom. The van der Waals surface area contributed by atoms with Crippen molar-refractivity contribution in [1.82, 2.24) is 0 Å². The molecule has 4 nitrogen and oxygen atoms in total. The molecule has 0 saturated carbocycles. The lowest BCUT2D eigenvalue weighted by atomic mass is 9.70. The third-order valence-corrected chi connectivity index (χ3v) is 4.54. The maximum Gasteiger partial charge on any atom is 0.490 e. The molecule has 0 spiro atoms. The molecule has 0 aromatic rings. The number of methoxy groups -OCH3 is 1. The first kappa shape index (κ1) is 14.6. The van der Waals surface area contributed by atoms with Gasteiger partial charge in [0.1, 0.15) is 0 Å². The Kier molecular flexibility index (Phi) is 3.80. The van der Waals surface area contributed by atoms with Crippen LogP contribution in [0.2, 0.25) is 0 Å². The Labute approximate surface area is 115 Å². The summed E-state index contributed by atoms with van der Waals surface area (Å²) in [4.78, 5) is 11.5. The zero-order valence-corrected chi connectivity index (χ0v) is 12.5. The molecule has 0 bridgehead atoms. The summed E-state index contributed by atoms with van der Waals surface area (Å²) in [5.74, 6) is -0.139. The molecule has 1 aliphatic heterocycles. The zero-order chi connectivity index (χ0) is 14.3. The molecular weight excluding hydrogens is 243 g/mol. The van der Waals surface area contributed by atoms with Gasteiger partial charge in [-0.25, -0.2) is 0 Å². The van der Waals surface area contributed by atoms with E-state index in [9.17, 15) is 4.79 Å². The van der Waals surface area contributed by atoms with Crippen molar-refractivity contribution in [2.75, 3.05) is 7.11 Å². The molecule has 2 aliphatic rings. The summed E-state index contributed by atoms with van der Waals surface area (Å²) in [7, 11) is 1.17. The second-order valence-corrected chi connectivity index (χ2v) is 6.36. The number of esters is 1. The van der Waals surface area contributed by atoms with Crippen LogP contribution < -0.4 is 0 Å². The molecule has 1 aliphatic carbocycles. The smallest absolute Gasteiger partial charge is 0.469 e. The molecule has 1 unspecified atom stereocenters. The van der Waals surface area contributed by atoms with Gasteiger partial charge in [-0.05, 0) is 52.4 Å². The van der Waals surface area contributed by atoms with Crippen molar-refractivity contribution >= 4 is 13.1 Å². The highest BCUT2D eigenvalue weighted by Crippen LogP contribution is 2.40. The van der Waals surface area contributed by atoms with Gasteiger partial charge in [-0.1, -0.05) is 6.08 Å². The van der Waals surface area contributed by atoms with Crippen molar-refractivity contribution < 1.29 is 18.8 Å². The molecule has 0 N–H and O–H groups in total. The predicted molar refractivity (Wildman–Crippen MR) is 73.5 cm³/mol. The predicted octanol–water partition coefficient (Wildman–Crippen LogP) is 2.52. The van der Waals surface area contributed by atoms with Crippen LogP contribution in [0.25, 0.3) is 0 Å². The van der Waals surface area contributed by atoms with Crippen molar-refractivity contribution in [3.63, 3.8) is 0 Å². The fourth-order valence-electron chi connectivity index (χ4n) is 2.44. The van der Waals surface area contributed by atoms with Crippen LogP contribution in [0.4, 0.5) is 0 Å². The van der Waals surface area contributed by atoms with E-state index in [-0.39, 0.29) is 30.2 Å². The van der Waals surface area contributed by atoms with E-state index >= 15 is 0 Å². The van der Waals surface area contributed by atoms with Crippen molar-refractivity contribution in [1.29, 1.82) is 0 Å². The first-order valence-corrected chi connectivity index (χ1v) is 6.89. The van der Waals surface area contributed by atoms with Gasteiger partial charge in [0.15, 0.2) is 0 Å². The van der Waals surface area contributed by atoms with Gasteiger partial charge in [0.05, 0.1) is 24.2 Å². The van der Waals surface area contributed by atoms with Crippen molar-refractivity contribution in [2.45, 2.75) is 58.2 Å². The summed E-state index contributed by atoms with van der Waals surface area (Å²) in [6, 6.07) is 0. The Morgan fingerprint density at radius 1 is 1.32 bits per heavy atom. The standard InChI is InChI=1S/C14H23BO4/c1-13(2)14(3,4)19-15(18-13)11-8-6-10(7-9-11)12(16)17-5/h8,10H,6-7,9H2,1-5H3. The molecule has 1 fully saturated rings. The van der Waals surface area contributed by atoms with Gasteiger partial charge in [-0.2, -0.15) is 0 Å². The second kappa shape index (κ2) is 4.95. The quantitative estimate of drug-likeness (QED) is 0.569. The molecule has 106 valence electrons. The van der Waals surface area contributed by atoms with Crippen LogP contribution in [0.15, 0.2) is 11.5 Å². The van der Waals surface area contributed by atoms with Gasteiger partial charge < -0.3 is 14.0 Å². The van der Waals surface area contributed by atoms with Crippen molar-refractivity contribution in [3.05, 3.63) is 11.5 Å². The monoisotopic (exact) mass is 266 g/mol. The summed E-state index contributed by atoms with van der Waals surface area (Å²) >= 11 is 0. The topological polar surface area (TPSA) is 44.8 Å². The zero-order valence-electron chi connectivity index (χ0n) is 12.5. The van der Waals surface area contributed by atoms with E-state index in [1.807, 2.05) is 27.7 Å². The Balaban J connectivity index is 2.03. The summed E-state index contributed by atoms with van der Waals surface area (Å²) < 4.78 is 16.8. The minimum absolute atomic E-state index is 0.0174. The molecule has 0 radical (unpaired) electrons. The lowest BCUT2D eigenvalue weighted by Gasteiger charge is -2.32. The average Bonchev–Trinajstić information content (AvgIpc) is 2.58. The number of rotatable bonds is 2. The second-order valence-electron chi connectivity index (χ2n) is 6.36. The summed E-state index contributed by atoms with van der Waals surface area (Å²) in [5.41, 5.74) is 0.536.